The average molecular weight is 412 g/mol. The first-order chi connectivity index (χ1) is 13.0. The highest BCUT2D eigenvalue weighted by Crippen LogP contribution is 2.31. The van der Waals surface area contributed by atoms with E-state index in [0.29, 0.717) is 6.07 Å². The number of halogens is 3. The number of H-pyrrole nitrogens is 1. The number of aromatic amines is 1. The lowest BCUT2D eigenvalue weighted by molar-refractivity contribution is -0.137. The highest BCUT2D eigenvalue weighted by molar-refractivity contribution is 7.92. The van der Waals surface area contributed by atoms with Crippen LogP contribution in [0.2, 0.25) is 0 Å². The summed E-state index contributed by atoms with van der Waals surface area (Å²) in [6.07, 6.45) is -3.66. The maximum absolute atomic E-state index is 12.8. The van der Waals surface area contributed by atoms with Gasteiger partial charge < -0.3 is 10.1 Å². The first-order valence-corrected chi connectivity index (χ1v) is 9.06. The molecule has 0 aliphatic carbocycles. The third kappa shape index (κ3) is 3.69. The zero-order valence-corrected chi connectivity index (χ0v) is 14.6. The number of nitrogens with one attached hydrogen (secondary N) is 2. The van der Waals surface area contributed by atoms with Crippen LogP contribution in [0.4, 0.5) is 18.9 Å². The molecule has 0 saturated heterocycles. The minimum absolute atomic E-state index is 0.188. The Balaban J connectivity index is 2.05. The largest absolute Gasteiger partial charge is 0.477 e. The Morgan fingerprint density at radius 3 is 2.46 bits per heavy atom. The first-order valence-electron chi connectivity index (χ1n) is 7.58. The molecule has 11 heteroatoms. The van der Waals surface area contributed by atoms with Gasteiger partial charge in [0.05, 0.1) is 10.5 Å². The van der Waals surface area contributed by atoms with Crippen molar-refractivity contribution in [3.8, 4) is 0 Å². The Labute approximate surface area is 155 Å². The molecule has 3 aromatic rings. The molecule has 0 aliphatic rings. The molecule has 0 spiro atoms. The van der Waals surface area contributed by atoms with Crippen LogP contribution >= 0.6 is 0 Å². The van der Waals surface area contributed by atoms with Gasteiger partial charge in [-0.2, -0.15) is 13.2 Å². The Hall–Kier alpha value is -3.34. The van der Waals surface area contributed by atoms with Crippen LogP contribution in [0.3, 0.4) is 0 Å². The molecule has 7 nitrogen and oxygen atoms in total. The van der Waals surface area contributed by atoms with Crippen molar-refractivity contribution in [2.75, 3.05) is 4.72 Å². The number of pyridine rings is 1. The third-order valence-corrected chi connectivity index (χ3v) is 5.21. The fourth-order valence-electron chi connectivity index (χ4n) is 2.50. The van der Waals surface area contributed by atoms with Crippen LogP contribution in [0.25, 0.3) is 10.9 Å². The van der Waals surface area contributed by atoms with Crippen LogP contribution in [-0.2, 0) is 16.2 Å². The van der Waals surface area contributed by atoms with Gasteiger partial charge in [-0.1, -0.05) is 6.07 Å². The number of hydrogen-bond acceptors (Lipinski definition) is 4. The van der Waals surface area contributed by atoms with Crippen LogP contribution in [0.1, 0.15) is 15.9 Å². The number of carboxylic acids is 1. The zero-order valence-electron chi connectivity index (χ0n) is 13.7. The molecule has 0 bridgehead atoms. The van der Waals surface area contributed by atoms with Gasteiger partial charge in [0.25, 0.3) is 10.0 Å². The maximum atomic E-state index is 12.8. The van der Waals surface area contributed by atoms with Crippen LogP contribution in [0.5, 0.6) is 0 Å². The molecular weight excluding hydrogens is 401 g/mol. The maximum Gasteiger partial charge on any atom is 0.416 e. The summed E-state index contributed by atoms with van der Waals surface area (Å²) in [5.41, 5.74) is -2.62. The van der Waals surface area contributed by atoms with E-state index in [1.807, 2.05) is 4.72 Å². The van der Waals surface area contributed by atoms with Crippen LogP contribution in [0, 0.1) is 0 Å². The molecule has 28 heavy (non-hydrogen) atoms. The molecule has 2 aromatic carbocycles. The predicted molar refractivity (Wildman–Crippen MR) is 93.8 cm³/mol. The summed E-state index contributed by atoms with van der Waals surface area (Å²) < 4.78 is 65.4. The van der Waals surface area contributed by atoms with Gasteiger partial charge >= 0.3 is 12.1 Å². The number of aromatic nitrogens is 1. The van der Waals surface area contributed by atoms with Gasteiger partial charge in [-0.25, -0.2) is 13.2 Å². The zero-order chi connectivity index (χ0) is 20.7. The molecule has 1 heterocycles. The van der Waals surface area contributed by atoms with E-state index in [-0.39, 0.29) is 16.6 Å². The second kappa shape index (κ2) is 6.68. The lowest BCUT2D eigenvalue weighted by Crippen LogP contribution is -2.17. The van der Waals surface area contributed by atoms with Crippen molar-refractivity contribution in [1.82, 2.24) is 4.98 Å². The molecule has 0 saturated carbocycles. The smallest absolute Gasteiger partial charge is 0.416 e. The fourth-order valence-corrected chi connectivity index (χ4v) is 3.57. The van der Waals surface area contributed by atoms with Crippen LogP contribution in [0.15, 0.2) is 58.4 Å². The predicted octanol–water partition coefficient (Wildman–Crippen LogP) is 3.05. The molecule has 0 fully saturated rings. The van der Waals surface area contributed by atoms with Gasteiger partial charge in [0.1, 0.15) is 5.56 Å². The quantitative estimate of drug-likeness (QED) is 0.609. The van der Waals surface area contributed by atoms with E-state index in [4.69, 9.17) is 5.11 Å². The molecule has 3 N–H and O–H groups in total. The summed E-state index contributed by atoms with van der Waals surface area (Å²) in [5, 5.41) is 8.81. The first kappa shape index (κ1) is 19.4. The van der Waals surface area contributed by atoms with Crippen molar-refractivity contribution in [2.24, 2.45) is 0 Å². The highest BCUT2D eigenvalue weighted by Gasteiger charge is 2.30. The van der Waals surface area contributed by atoms with Crippen molar-refractivity contribution >= 4 is 32.6 Å². The number of hydrogen-bond donors (Lipinski definition) is 3. The number of sulfonamides is 1. The van der Waals surface area contributed by atoms with Crippen molar-refractivity contribution in [3.05, 3.63) is 70.0 Å². The molecule has 0 radical (unpaired) electrons. The molecule has 3 rings (SSSR count). The van der Waals surface area contributed by atoms with E-state index >= 15 is 0 Å². The van der Waals surface area contributed by atoms with Crippen molar-refractivity contribution < 1.29 is 31.5 Å². The van der Waals surface area contributed by atoms with E-state index in [9.17, 15) is 31.2 Å². The fraction of sp³-hybridized carbons (Fsp3) is 0.0588. The summed E-state index contributed by atoms with van der Waals surface area (Å²) >= 11 is 0. The SMILES string of the molecule is O=C(O)c1c[nH]c2ccc(S(=O)(=O)Nc3cccc(C(F)(F)F)c3)cc2c1=O. The van der Waals surface area contributed by atoms with E-state index in [0.717, 1.165) is 36.5 Å². The molecule has 1 aromatic heterocycles. The van der Waals surface area contributed by atoms with Gasteiger partial charge in [-0.15, -0.1) is 0 Å². The Bertz CT molecular complexity index is 1250. The minimum atomic E-state index is -4.65. The normalized spacial score (nSPS) is 12.1. The summed E-state index contributed by atoms with van der Waals surface area (Å²) in [6.45, 7) is 0. The van der Waals surface area contributed by atoms with Crippen molar-refractivity contribution in [3.63, 3.8) is 0 Å². The highest BCUT2D eigenvalue weighted by atomic mass is 32.2. The topological polar surface area (TPSA) is 116 Å². The van der Waals surface area contributed by atoms with E-state index < -0.39 is 43.6 Å². The number of alkyl halides is 3. The van der Waals surface area contributed by atoms with Gasteiger partial charge in [0, 0.05) is 22.8 Å². The molecule has 0 aliphatic heterocycles. The molecule has 0 atom stereocenters. The number of fused-ring (bicyclic) bond motifs is 1. The van der Waals surface area contributed by atoms with Gasteiger partial charge in [0.2, 0.25) is 5.43 Å². The number of rotatable bonds is 4. The molecule has 0 amide bonds. The van der Waals surface area contributed by atoms with Crippen LogP contribution in [-0.4, -0.2) is 24.5 Å². The number of carbonyl (C=O) groups is 1. The standard InChI is InChI=1S/C17H11F3N2O5S/c18-17(19,20)9-2-1-3-10(6-9)22-28(26,27)11-4-5-14-12(7-11)15(23)13(8-21-14)16(24)25/h1-8,22H,(H,21,23)(H,24,25). The Morgan fingerprint density at radius 1 is 1.11 bits per heavy atom. The van der Waals surface area contributed by atoms with E-state index in [1.165, 1.54) is 6.07 Å². The van der Waals surface area contributed by atoms with Crippen molar-refractivity contribution in [1.29, 1.82) is 0 Å². The summed E-state index contributed by atoms with van der Waals surface area (Å²) in [4.78, 5) is 25.4. The van der Waals surface area contributed by atoms with Gasteiger partial charge in [-0.3, -0.25) is 9.52 Å². The monoisotopic (exact) mass is 412 g/mol. The van der Waals surface area contributed by atoms with Crippen molar-refractivity contribution in [2.45, 2.75) is 11.1 Å². The third-order valence-electron chi connectivity index (χ3n) is 3.84. The van der Waals surface area contributed by atoms with E-state index in [2.05, 4.69) is 4.98 Å². The van der Waals surface area contributed by atoms with Gasteiger partial charge in [0.15, 0.2) is 0 Å². The lowest BCUT2D eigenvalue weighted by Gasteiger charge is -2.11. The Kier molecular flexibility index (Phi) is 4.63. The second-order valence-corrected chi connectivity index (χ2v) is 7.41. The van der Waals surface area contributed by atoms with Crippen LogP contribution < -0.4 is 10.2 Å². The summed E-state index contributed by atoms with van der Waals surface area (Å²) in [5.74, 6) is -1.49. The summed E-state index contributed by atoms with van der Waals surface area (Å²) in [7, 11) is -4.33. The average Bonchev–Trinajstić information content (AvgIpc) is 2.60. The lowest BCUT2D eigenvalue weighted by atomic mass is 10.1. The van der Waals surface area contributed by atoms with E-state index in [1.54, 1.807) is 0 Å². The number of carboxylic acid groups (broad SMARTS) is 1. The molecular formula is C17H11F3N2O5S. The number of benzene rings is 2. The number of aromatic carboxylic acids is 1. The molecule has 146 valence electrons. The molecule has 0 unspecified atom stereocenters. The van der Waals surface area contributed by atoms with Gasteiger partial charge in [-0.05, 0) is 36.4 Å². The Morgan fingerprint density at radius 2 is 1.82 bits per heavy atom. The second-order valence-electron chi connectivity index (χ2n) is 5.73. The number of anilines is 1. The minimum Gasteiger partial charge on any atom is -0.477 e. The summed E-state index contributed by atoms with van der Waals surface area (Å²) in [6, 6.07) is 6.96.